The first-order valence-corrected chi connectivity index (χ1v) is 7.04. The largest absolute Gasteiger partial charge is 0.452 e. The highest BCUT2D eigenvalue weighted by atomic mass is 32.2. The molecule has 6 heteroatoms. The Morgan fingerprint density at radius 3 is 2.89 bits per heavy atom. The molecule has 0 N–H and O–H groups in total. The van der Waals surface area contributed by atoms with Gasteiger partial charge in [0, 0.05) is 11.9 Å². The molecule has 0 amide bonds. The molecule has 0 saturated carbocycles. The molecule has 0 saturated heterocycles. The van der Waals surface area contributed by atoms with E-state index in [0.717, 1.165) is 0 Å². The summed E-state index contributed by atoms with van der Waals surface area (Å²) >= 11 is 0. The van der Waals surface area contributed by atoms with E-state index in [9.17, 15) is 8.42 Å². The number of pyridine rings is 2. The summed E-state index contributed by atoms with van der Waals surface area (Å²) in [6.45, 7) is 1.74. The maximum atomic E-state index is 12.2. The number of aromatic nitrogens is 2. The van der Waals surface area contributed by atoms with Crippen LogP contribution in [-0.4, -0.2) is 18.4 Å². The van der Waals surface area contributed by atoms with E-state index in [0.29, 0.717) is 17.1 Å². The molecule has 18 heavy (non-hydrogen) atoms. The second-order valence-electron chi connectivity index (χ2n) is 4.07. The predicted octanol–water partition coefficient (Wildman–Crippen LogP) is 1.86. The molecule has 3 rings (SSSR count). The van der Waals surface area contributed by atoms with Crippen LogP contribution in [0.4, 0.5) is 0 Å². The lowest BCUT2D eigenvalue weighted by molar-refractivity contribution is 0.460. The Hall–Kier alpha value is -1.95. The van der Waals surface area contributed by atoms with Crippen molar-refractivity contribution >= 4 is 9.84 Å². The number of ether oxygens (including phenoxy) is 1. The van der Waals surface area contributed by atoms with Crippen molar-refractivity contribution in [2.24, 2.45) is 0 Å². The summed E-state index contributed by atoms with van der Waals surface area (Å²) in [4.78, 5) is 8.12. The number of sulfone groups is 1. The van der Waals surface area contributed by atoms with Crippen molar-refractivity contribution in [2.45, 2.75) is 17.7 Å². The number of hydrogen-bond donors (Lipinski definition) is 0. The fourth-order valence-electron chi connectivity index (χ4n) is 1.81. The van der Waals surface area contributed by atoms with E-state index >= 15 is 0 Å². The third kappa shape index (κ3) is 1.74. The van der Waals surface area contributed by atoms with Gasteiger partial charge in [-0.15, -0.1) is 0 Å². The minimum atomic E-state index is -3.51. The maximum absolute atomic E-state index is 12.2. The monoisotopic (exact) mass is 262 g/mol. The zero-order chi connectivity index (χ0) is 12.8. The minimum absolute atomic E-state index is 0.0134. The molecule has 92 valence electrons. The Morgan fingerprint density at radius 2 is 2.06 bits per heavy atom. The van der Waals surface area contributed by atoms with Gasteiger partial charge in [-0.05, 0) is 31.2 Å². The molecule has 0 fully saturated rings. The van der Waals surface area contributed by atoms with Crippen molar-refractivity contribution in [3.05, 3.63) is 41.9 Å². The van der Waals surface area contributed by atoms with Crippen LogP contribution in [0.5, 0.6) is 11.5 Å². The Morgan fingerprint density at radius 1 is 1.22 bits per heavy atom. The molecular weight excluding hydrogens is 252 g/mol. The Bertz CT molecular complexity index is 726. The fraction of sp³-hybridized carbons (Fsp3) is 0.167. The summed E-state index contributed by atoms with van der Waals surface area (Å²) in [5.41, 5.74) is 1.05. The van der Waals surface area contributed by atoms with Crippen LogP contribution in [0.2, 0.25) is 0 Å². The van der Waals surface area contributed by atoms with Gasteiger partial charge in [0.1, 0.15) is 11.5 Å². The second-order valence-corrected chi connectivity index (χ2v) is 5.97. The first-order chi connectivity index (χ1) is 8.56. The number of rotatable bonds is 0. The molecule has 2 aromatic rings. The summed E-state index contributed by atoms with van der Waals surface area (Å²) in [6.07, 6.45) is 1.55. The lowest BCUT2D eigenvalue weighted by atomic mass is 10.3. The molecule has 5 nitrogen and oxygen atoms in total. The maximum Gasteiger partial charge on any atom is 0.205 e. The van der Waals surface area contributed by atoms with Gasteiger partial charge < -0.3 is 4.74 Å². The van der Waals surface area contributed by atoms with Gasteiger partial charge in [-0.2, -0.15) is 0 Å². The highest BCUT2D eigenvalue weighted by Gasteiger charge is 2.28. The predicted molar refractivity (Wildman–Crippen MR) is 64.2 cm³/mol. The lowest BCUT2D eigenvalue weighted by Gasteiger charge is -2.06. The fourth-order valence-corrected chi connectivity index (χ4v) is 3.22. The first kappa shape index (κ1) is 11.2. The average Bonchev–Trinajstić information content (AvgIpc) is 2.43. The molecule has 0 atom stereocenters. The first-order valence-electron chi connectivity index (χ1n) is 5.38. The van der Waals surface area contributed by atoms with Gasteiger partial charge in [0.05, 0.1) is 5.69 Å². The van der Waals surface area contributed by atoms with E-state index in [1.54, 1.807) is 37.4 Å². The van der Waals surface area contributed by atoms with Crippen molar-refractivity contribution in [1.29, 1.82) is 0 Å². The van der Waals surface area contributed by atoms with Crippen LogP contribution in [0.3, 0.4) is 0 Å². The van der Waals surface area contributed by atoms with Crippen LogP contribution < -0.4 is 4.74 Å². The lowest BCUT2D eigenvalue weighted by Crippen LogP contribution is -2.07. The summed E-state index contributed by atoms with van der Waals surface area (Å²) < 4.78 is 30.0. The van der Waals surface area contributed by atoms with Crippen LogP contribution >= 0.6 is 0 Å². The van der Waals surface area contributed by atoms with Gasteiger partial charge in [0.2, 0.25) is 9.84 Å². The number of nitrogens with zero attached hydrogens (tertiary/aromatic N) is 2. The Balaban J connectivity index is 2.28. The topological polar surface area (TPSA) is 69.2 Å². The summed E-state index contributed by atoms with van der Waals surface area (Å²) in [5, 5.41) is -0.0134. The molecule has 3 heterocycles. The summed E-state index contributed by atoms with van der Waals surface area (Å²) in [7, 11) is -3.51. The zero-order valence-corrected chi connectivity index (χ0v) is 10.4. The van der Waals surface area contributed by atoms with E-state index in [2.05, 4.69) is 9.97 Å². The quantitative estimate of drug-likeness (QED) is 0.725. The van der Waals surface area contributed by atoms with E-state index in [1.165, 1.54) is 0 Å². The van der Waals surface area contributed by atoms with E-state index < -0.39 is 9.84 Å². The van der Waals surface area contributed by atoms with Crippen LogP contribution in [-0.2, 0) is 15.6 Å². The van der Waals surface area contributed by atoms with Crippen molar-refractivity contribution in [3.63, 3.8) is 0 Å². The molecule has 0 aromatic carbocycles. The van der Waals surface area contributed by atoms with Crippen LogP contribution in [0.15, 0.2) is 35.5 Å². The number of hydrogen-bond acceptors (Lipinski definition) is 5. The van der Waals surface area contributed by atoms with Crippen molar-refractivity contribution in [3.8, 4) is 11.5 Å². The van der Waals surface area contributed by atoms with Gasteiger partial charge in [-0.1, -0.05) is 0 Å². The van der Waals surface area contributed by atoms with Gasteiger partial charge >= 0.3 is 0 Å². The molecule has 0 aliphatic carbocycles. The third-order valence-electron chi connectivity index (χ3n) is 2.65. The second kappa shape index (κ2) is 3.78. The van der Waals surface area contributed by atoms with E-state index in [4.69, 9.17) is 4.74 Å². The Labute approximate surface area is 104 Å². The normalized spacial score (nSPS) is 16.1. The van der Waals surface area contributed by atoms with Gasteiger partial charge in [-0.25, -0.2) is 13.4 Å². The molecule has 0 unspecified atom stereocenters. The Kier molecular flexibility index (Phi) is 2.34. The molecule has 2 aromatic heterocycles. The van der Waals surface area contributed by atoms with Gasteiger partial charge in [-0.3, -0.25) is 4.98 Å². The highest BCUT2D eigenvalue weighted by Crippen LogP contribution is 2.35. The highest BCUT2D eigenvalue weighted by molar-refractivity contribution is 7.90. The standard InChI is InChI=1S/C12H10N2O3S/c1-8-4-5-11-12(14-8)18(15,16)7-9-10(17-11)3-2-6-13-9/h2-6H,7H2,1H3. The number of fused-ring (bicyclic) bond motifs is 2. The molecule has 0 bridgehead atoms. The smallest absolute Gasteiger partial charge is 0.205 e. The third-order valence-corrected chi connectivity index (χ3v) is 4.19. The molecular formula is C12H10N2O3S. The average molecular weight is 262 g/mol. The van der Waals surface area contributed by atoms with Crippen molar-refractivity contribution in [1.82, 2.24) is 9.97 Å². The summed E-state index contributed by atoms with van der Waals surface area (Å²) in [5.74, 6) is 0.532. The molecule has 1 aliphatic heterocycles. The SMILES string of the molecule is Cc1ccc2c(n1)S(=O)(=O)Cc1ncccc1O2. The van der Waals surface area contributed by atoms with E-state index in [-0.39, 0.29) is 16.5 Å². The summed E-state index contributed by atoms with van der Waals surface area (Å²) in [6, 6.07) is 6.75. The van der Waals surface area contributed by atoms with Crippen LogP contribution in [0.25, 0.3) is 0 Å². The van der Waals surface area contributed by atoms with Crippen molar-refractivity contribution in [2.75, 3.05) is 0 Å². The van der Waals surface area contributed by atoms with Gasteiger partial charge in [0.25, 0.3) is 0 Å². The number of aryl methyl sites for hydroxylation is 1. The molecule has 0 radical (unpaired) electrons. The molecule has 0 spiro atoms. The van der Waals surface area contributed by atoms with E-state index in [1.807, 2.05) is 0 Å². The van der Waals surface area contributed by atoms with Gasteiger partial charge in [0.15, 0.2) is 10.8 Å². The van der Waals surface area contributed by atoms with Crippen LogP contribution in [0, 0.1) is 6.92 Å². The zero-order valence-electron chi connectivity index (χ0n) is 9.62. The molecule has 1 aliphatic rings. The van der Waals surface area contributed by atoms with Crippen molar-refractivity contribution < 1.29 is 13.2 Å². The minimum Gasteiger partial charge on any atom is -0.452 e. The van der Waals surface area contributed by atoms with Crippen LogP contribution in [0.1, 0.15) is 11.4 Å².